The molecule has 0 aliphatic carbocycles. The molecule has 0 fully saturated rings. The van der Waals surface area contributed by atoms with Crippen LogP contribution in [0.15, 0.2) is 16.5 Å². The van der Waals surface area contributed by atoms with Crippen LogP contribution >= 0.6 is 11.3 Å². The molecule has 1 aromatic heterocycles. The molecule has 0 aliphatic heterocycles. The van der Waals surface area contributed by atoms with Gasteiger partial charge in [0.2, 0.25) is 0 Å². The number of nitrogens with zero attached hydrogens (tertiary/aromatic N) is 1. The molecule has 1 heterocycles. The fourth-order valence-corrected chi connectivity index (χ4v) is 1.89. The predicted molar refractivity (Wildman–Crippen MR) is 72.7 cm³/mol. The number of hydrogen-bond donors (Lipinski definition) is 2. The van der Waals surface area contributed by atoms with Gasteiger partial charge >= 0.3 is 11.8 Å². The Kier molecular flexibility index (Phi) is 5.51. The van der Waals surface area contributed by atoms with E-state index in [2.05, 4.69) is 15.8 Å². The first-order valence-electron chi connectivity index (χ1n) is 5.72. The lowest BCUT2D eigenvalue weighted by atomic mass is 10.2. The van der Waals surface area contributed by atoms with Crippen LogP contribution in [0.3, 0.4) is 0 Å². The van der Waals surface area contributed by atoms with Gasteiger partial charge in [-0.15, -0.1) is 11.3 Å². The van der Waals surface area contributed by atoms with E-state index in [4.69, 9.17) is 0 Å². The SMILES string of the molecule is CC[C@@H](C)NC(=O)C(=O)N/N=C\c1sccc1C. The van der Waals surface area contributed by atoms with E-state index in [1.807, 2.05) is 32.2 Å². The Morgan fingerprint density at radius 3 is 2.78 bits per heavy atom. The van der Waals surface area contributed by atoms with Gasteiger partial charge in [0, 0.05) is 10.9 Å². The number of carbonyl (C=O) groups excluding carboxylic acids is 2. The molecule has 0 unspecified atom stereocenters. The first kappa shape index (κ1) is 14.4. The molecule has 5 nitrogen and oxygen atoms in total. The van der Waals surface area contributed by atoms with Crippen LogP contribution in [0.2, 0.25) is 0 Å². The number of rotatable bonds is 4. The van der Waals surface area contributed by atoms with Crippen LogP contribution in [0.4, 0.5) is 0 Å². The van der Waals surface area contributed by atoms with E-state index in [1.54, 1.807) is 0 Å². The molecule has 1 rings (SSSR count). The minimum Gasteiger partial charge on any atom is -0.345 e. The van der Waals surface area contributed by atoms with Gasteiger partial charge in [-0.05, 0) is 37.3 Å². The average Bonchev–Trinajstić information content (AvgIpc) is 2.74. The molecule has 18 heavy (non-hydrogen) atoms. The van der Waals surface area contributed by atoms with Crippen LogP contribution in [-0.4, -0.2) is 24.1 Å². The Labute approximate surface area is 110 Å². The third-order valence-corrected chi connectivity index (χ3v) is 3.40. The molecule has 0 bridgehead atoms. The van der Waals surface area contributed by atoms with Crippen molar-refractivity contribution < 1.29 is 9.59 Å². The van der Waals surface area contributed by atoms with Crippen LogP contribution in [0, 0.1) is 6.92 Å². The van der Waals surface area contributed by atoms with Gasteiger partial charge in [-0.25, -0.2) is 5.43 Å². The van der Waals surface area contributed by atoms with Gasteiger partial charge in [0.25, 0.3) is 0 Å². The minimum atomic E-state index is -0.749. The van der Waals surface area contributed by atoms with Gasteiger partial charge < -0.3 is 5.32 Å². The molecule has 98 valence electrons. The zero-order valence-corrected chi connectivity index (χ0v) is 11.5. The van der Waals surface area contributed by atoms with Crippen LogP contribution < -0.4 is 10.7 Å². The molecule has 0 radical (unpaired) electrons. The Morgan fingerprint density at radius 1 is 1.50 bits per heavy atom. The smallest absolute Gasteiger partial charge is 0.329 e. The van der Waals surface area contributed by atoms with Gasteiger partial charge in [-0.3, -0.25) is 9.59 Å². The van der Waals surface area contributed by atoms with E-state index in [9.17, 15) is 9.59 Å². The van der Waals surface area contributed by atoms with E-state index in [-0.39, 0.29) is 6.04 Å². The zero-order valence-electron chi connectivity index (χ0n) is 10.7. The lowest BCUT2D eigenvalue weighted by Gasteiger charge is -2.09. The summed E-state index contributed by atoms with van der Waals surface area (Å²) in [6, 6.07) is 1.94. The zero-order chi connectivity index (χ0) is 13.5. The van der Waals surface area contributed by atoms with Crippen LogP contribution in [0.1, 0.15) is 30.7 Å². The number of hydrazone groups is 1. The van der Waals surface area contributed by atoms with Crippen molar-refractivity contribution in [2.75, 3.05) is 0 Å². The lowest BCUT2D eigenvalue weighted by molar-refractivity contribution is -0.139. The van der Waals surface area contributed by atoms with Crippen molar-refractivity contribution in [2.45, 2.75) is 33.2 Å². The van der Waals surface area contributed by atoms with Gasteiger partial charge in [-0.1, -0.05) is 6.92 Å². The normalized spacial score (nSPS) is 12.4. The van der Waals surface area contributed by atoms with E-state index < -0.39 is 11.8 Å². The van der Waals surface area contributed by atoms with Crippen molar-refractivity contribution in [2.24, 2.45) is 5.10 Å². The van der Waals surface area contributed by atoms with Crippen molar-refractivity contribution >= 4 is 29.4 Å². The summed E-state index contributed by atoms with van der Waals surface area (Å²) in [5.41, 5.74) is 3.29. The van der Waals surface area contributed by atoms with E-state index in [0.29, 0.717) is 0 Å². The number of thiophene rings is 1. The lowest BCUT2D eigenvalue weighted by Crippen LogP contribution is -2.41. The number of nitrogens with one attached hydrogen (secondary N) is 2. The number of carbonyl (C=O) groups is 2. The van der Waals surface area contributed by atoms with Crippen molar-refractivity contribution in [1.82, 2.24) is 10.7 Å². The maximum Gasteiger partial charge on any atom is 0.329 e. The quantitative estimate of drug-likeness (QED) is 0.492. The standard InChI is InChI=1S/C12H17N3O2S/c1-4-9(3)14-11(16)12(17)15-13-7-10-8(2)5-6-18-10/h5-7,9H,4H2,1-3H3,(H,14,16)(H,15,17)/b13-7-/t9-/m1/s1. The average molecular weight is 267 g/mol. The first-order chi connectivity index (χ1) is 8.54. The monoisotopic (exact) mass is 267 g/mol. The highest BCUT2D eigenvalue weighted by atomic mass is 32.1. The summed E-state index contributed by atoms with van der Waals surface area (Å²) in [5, 5.41) is 8.25. The summed E-state index contributed by atoms with van der Waals surface area (Å²) in [5.74, 6) is -1.41. The molecule has 2 amide bonds. The fourth-order valence-electron chi connectivity index (χ4n) is 1.11. The Balaban J connectivity index is 2.44. The highest BCUT2D eigenvalue weighted by molar-refractivity contribution is 7.11. The van der Waals surface area contributed by atoms with Crippen molar-refractivity contribution in [1.29, 1.82) is 0 Å². The molecule has 0 spiro atoms. The third-order valence-electron chi connectivity index (χ3n) is 2.45. The Bertz CT molecular complexity index is 454. The van der Waals surface area contributed by atoms with Gasteiger partial charge in [0.05, 0.1) is 6.21 Å². The van der Waals surface area contributed by atoms with E-state index in [0.717, 1.165) is 16.9 Å². The topological polar surface area (TPSA) is 70.6 Å². The van der Waals surface area contributed by atoms with Crippen LogP contribution in [-0.2, 0) is 9.59 Å². The summed E-state index contributed by atoms with van der Waals surface area (Å²) in [6.07, 6.45) is 2.31. The van der Waals surface area contributed by atoms with Gasteiger partial charge in [0.1, 0.15) is 0 Å². The summed E-state index contributed by atoms with van der Waals surface area (Å²) in [7, 11) is 0. The molecular weight excluding hydrogens is 250 g/mol. The Morgan fingerprint density at radius 2 is 2.22 bits per heavy atom. The molecule has 1 atom stereocenters. The fraction of sp³-hybridized carbons (Fsp3) is 0.417. The summed E-state index contributed by atoms with van der Waals surface area (Å²) in [6.45, 7) is 5.72. The maximum atomic E-state index is 11.4. The summed E-state index contributed by atoms with van der Waals surface area (Å²) < 4.78 is 0. The number of hydrogen-bond acceptors (Lipinski definition) is 4. The van der Waals surface area contributed by atoms with Gasteiger partial charge in [-0.2, -0.15) is 5.10 Å². The van der Waals surface area contributed by atoms with E-state index in [1.165, 1.54) is 17.6 Å². The second kappa shape index (κ2) is 6.90. The van der Waals surface area contributed by atoms with Crippen molar-refractivity contribution in [3.63, 3.8) is 0 Å². The maximum absolute atomic E-state index is 11.4. The molecule has 6 heteroatoms. The number of aryl methyl sites for hydroxylation is 1. The third kappa shape index (κ3) is 4.29. The van der Waals surface area contributed by atoms with Crippen LogP contribution in [0.25, 0.3) is 0 Å². The van der Waals surface area contributed by atoms with Crippen molar-refractivity contribution in [3.8, 4) is 0 Å². The van der Waals surface area contributed by atoms with Gasteiger partial charge in [0.15, 0.2) is 0 Å². The molecular formula is C12H17N3O2S. The molecule has 1 aromatic rings. The van der Waals surface area contributed by atoms with E-state index >= 15 is 0 Å². The molecule has 0 saturated carbocycles. The Hall–Kier alpha value is -1.69. The molecule has 2 N–H and O–H groups in total. The summed E-state index contributed by atoms with van der Waals surface area (Å²) in [4.78, 5) is 23.7. The second-order valence-electron chi connectivity index (χ2n) is 3.95. The highest BCUT2D eigenvalue weighted by Gasteiger charge is 2.14. The van der Waals surface area contributed by atoms with Crippen LogP contribution in [0.5, 0.6) is 0 Å². The van der Waals surface area contributed by atoms with Crippen molar-refractivity contribution in [3.05, 3.63) is 21.9 Å². The number of amides is 2. The first-order valence-corrected chi connectivity index (χ1v) is 6.60. The highest BCUT2D eigenvalue weighted by Crippen LogP contribution is 2.12. The molecule has 0 saturated heterocycles. The minimum absolute atomic E-state index is 0.0215. The second-order valence-corrected chi connectivity index (χ2v) is 4.90. The molecule has 0 aromatic carbocycles. The largest absolute Gasteiger partial charge is 0.345 e. The molecule has 0 aliphatic rings. The predicted octanol–water partition coefficient (Wildman–Crippen LogP) is 1.42. The summed E-state index contributed by atoms with van der Waals surface area (Å²) >= 11 is 1.52.